The summed E-state index contributed by atoms with van der Waals surface area (Å²) in [6.45, 7) is -0.580. The van der Waals surface area contributed by atoms with Gasteiger partial charge in [0.05, 0.1) is 5.56 Å². The molecule has 1 aromatic rings. The Bertz CT molecular complexity index is 606. The number of aliphatic hydroxyl groups is 3. The van der Waals surface area contributed by atoms with Gasteiger partial charge in [-0.1, -0.05) is 6.07 Å². The fraction of sp³-hybridized carbons (Fsp3) is 0.231. The number of ether oxygens (including phenoxy) is 2. The van der Waals surface area contributed by atoms with Crippen LogP contribution >= 0.6 is 0 Å². The Hall–Kier alpha value is -2.74. The molecule has 0 saturated heterocycles. The second-order valence-corrected chi connectivity index (χ2v) is 4.28. The van der Waals surface area contributed by atoms with E-state index in [4.69, 9.17) is 9.84 Å². The van der Waals surface area contributed by atoms with Crippen molar-refractivity contribution < 1.29 is 39.5 Å². The third-order valence-corrected chi connectivity index (χ3v) is 2.76. The fourth-order valence-electron chi connectivity index (χ4n) is 1.69. The van der Waals surface area contributed by atoms with Crippen LogP contribution in [0.25, 0.3) is 0 Å². The van der Waals surface area contributed by atoms with Gasteiger partial charge in [-0.15, -0.1) is 0 Å². The molecule has 1 aliphatic heterocycles. The van der Waals surface area contributed by atoms with Gasteiger partial charge in [-0.25, -0.2) is 9.59 Å². The maximum atomic E-state index is 11.7. The number of phenols is 1. The van der Waals surface area contributed by atoms with Gasteiger partial charge >= 0.3 is 11.9 Å². The number of cyclic esters (lactones) is 1. The summed E-state index contributed by atoms with van der Waals surface area (Å²) in [4.78, 5) is 22.6. The highest BCUT2D eigenvalue weighted by molar-refractivity contribution is 5.90. The molecule has 8 heteroatoms. The second kappa shape index (κ2) is 5.71. The van der Waals surface area contributed by atoms with E-state index in [1.54, 1.807) is 0 Å². The fourth-order valence-corrected chi connectivity index (χ4v) is 1.69. The van der Waals surface area contributed by atoms with Crippen LogP contribution in [0.15, 0.2) is 35.8 Å². The Labute approximate surface area is 118 Å². The Morgan fingerprint density at radius 2 is 2.05 bits per heavy atom. The van der Waals surface area contributed by atoms with E-state index in [2.05, 4.69) is 4.74 Å². The van der Waals surface area contributed by atoms with Crippen molar-refractivity contribution >= 4 is 11.9 Å². The monoisotopic (exact) mass is 296 g/mol. The first kappa shape index (κ1) is 14.7. The van der Waals surface area contributed by atoms with Crippen LogP contribution < -0.4 is 0 Å². The first-order valence-electron chi connectivity index (χ1n) is 5.87. The van der Waals surface area contributed by atoms with Crippen molar-refractivity contribution in [2.24, 2.45) is 0 Å². The molecule has 0 unspecified atom stereocenters. The third kappa shape index (κ3) is 3.06. The average molecular weight is 296 g/mol. The number of carbonyl (C=O) groups is 2. The second-order valence-electron chi connectivity index (χ2n) is 4.28. The normalized spacial score (nSPS) is 19.3. The molecule has 0 bridgehead atoms. The van der Waals surface area contributed by atoms with Gasteiger partial charge in [0.1, 0.15) is 18.5 Å². The zero-order chi connectivity index (χ0) is 15.6. The molecule has 112 valence electrons. The summed E-state index contributed by atoms with van der Waals surface area (Å²) in [5, 5.41) is 37.4. The van der Waals surface area contributed by atoms with Gasteiger partial charge in [-0.05, 0) is 18.2 Å². The number of benzene rings is 1. The molecule has 1 aliphatic rings. The summed E-state index contributed by atoms with van der Waals surface area (Å²) in [7, 11) is 0. The molecule has 2 rings (SSSR count). The minimum absolute atomic E-state index is 0.0632. The van der Waals surface area contributed by atoms with E-state index in [0.29, 0.717) is 0 Å². The molecule has 1 heterocycles. The maximum absolute atomic E-state index is 11.7. The Morgan fingerprint density at radius 1 is 1.33 bits per heavy atom. The van der Waals surface area contributed by atoms with Crippen molar-refractivity contribution in [3.8, 4) is 5.75 Å². The van der Waals surface area contributed by atoms with Crippen LogP contribution in [-0.4, -0.2) is 51.2 Å². The first-order valence-corrected chi connectivity index (χ1v) is 5.87. The van der Waals surface area contributed by atoms with Crippen molar-refractivity contribution in [1.29, 1.82) is 0 Å². The Kier molecular flexibility index (Phi) is 3.99. The van der Waals surface area contributed by atoms with Crippen molar-refractivity contribution in [2.75, 3.05) is 6.61 Å². The van der Waals surface area contributed by atoms with Crippen LogP contribution in [0.2, 0.25) is 0 Å². The van der Waals surface area contributed by atoms with Crippen LogP contribution in [0.3, 0.4) is 0 Å². The van der Waals surface area contributed by atoms with E-state index in [0.717, 1.165) is 0 Å². The standard InChI is InChI=1S/C13H12O8/c14-7-3-1-2-6(4-7)12(18)20-5-8(15)11-9(16)10(17)13(19)21-11/h1-4,8,11,14-17H,5H2/t8-,11+/m0/s1. The maximum Gasteiger partial charge on any atom is 0.377 e. The van der Waals surface area contributed by atoms with Gasteiger partial charge in [0.25, 0.3) is 0 Å². The lowest BCUT2D eigenvalue weighted by Gasteiger charge is -2.17. The average Bonchev–Trinajstić information content (AvgIpc) is 2.72. The highest BCUT2D eigenvalue weighted by Crippen LogP contribution is 2.21. The topological polar surface area (TPSA) is 134 Å². The van der Waals surface area contributed by atoms with E-state index < -0.39 is 42.3 Å². The smallest absolute Gasteiger partial charge is 0.377 e. The van der Waals surface area contributed by atoms with Gasteiger partial charge in [0.2, 0.25) is 5.76 Å². The highest BCUT2D eigenvalue weighted by atomic mass is 16.6. The van der Waals surface area contributed by atoms with Gasteiger partial charge in [0, 0.05) is 0 Å². The number of hydrogen-bond donors (Lipinski definition) is 4. The van der Waals surface area contributed by atoms with Crippen LogP contribution in [0.4, 0.5) is 0 Å². The van der Waals surface area contributed by atoms with Crippen molar-refractivity contribution in [3.63, 3.8) is 0 Å². The van der Waals surface area contributed by atoms with E-state index in [1.165, 1.54) is 24.3 Å². The summed E-state index contributed by atoms with van der Waals surface area (Å²) in [5.41, 5.74) is 0.0632. The number of hydrogen-bond acceptors (Lipinski definition) is 8. The van der Waals surface area contributed by atoms with E-state index in [1.807, 2.05) is 0 Å². The number of phenolic OH excluding ortho intramolecular Hbond substituents is 1. The molecule has 2 atom stereocenters. The molecule has 1 aromatic carbocycles. The van der Waals surface area contributed by atoms with Gasteiger partial charge < -0.3 is 29.9 Å². The summed E-state index contributed by atoms with van der Waals surface area (Å²) in [6.07, 6.45) is -3.03. The van der Waals surface area contributed by atoms with E-state index >= 15 is 0 Å². The van der Waals surface area contributed by atoms with Crippen molar-refractivity contribution in [1.82, 2.24) is 0 Å². The summed E-state index contributed by atoms with van der Waals surface area (Å²) in [6, 6.07) is 5.38. The number of carbonyl (C=O) groups excluding carboxylic acids is 2. The Balaban J connectivity index is 1.94. The molecule has 0 fully saturated rings. The SMILES string of the molecule is O=C1O[C@H]([C@@H](O)COC(=O)c2cccc(O)c2)C(O)=C1O. The third-order valence-electron chi connectivity index (χ3n) is 2.76. The van der Waals surface area contributed by atoms with E-state index in [-0.39, 0.29) is 11.3 Å². The summed E-state index contributed by atoms with van der Waals surface area (Å²) in [5.74, 6) is -3.92. The Morgan fingerprint density at radius 3 is 2.62 bits per heavy atom. The molecule has 0 radical (unpaired) electrons. The zero-order valence-electron chi connectivity index (χ0n) is 10.6. The van der Waals surface area contributed by atoms with Crippen LogP contribution in [-0.2, 0) is 14.3 Å². The molecule has 4 N–H and O–H groups in total. The number of rotatable bonds is 4. The lowest BCUT2D eigenvalue weighted by molar-refractivity contribution is -0.147. The van der Waals surface area contributed by atoms with Crippen LogP contribution in [0, 0.1) is 0 Å². The molecular weight excluding hydrogens is 284 g/mol. The predicted molar refractivity (Wildman–Crippen MR) is 66.6 cm³/mol. The molecule has 0 saturated carbocycles. The van der Waals surface area contributed by atoms with Gasteiger partial charge in [-0.3, -0.25) is 0 Å². The molecule has 0 aromatic heterocycles. The summed E-state index contributed by atoms with van der Waals surface area (Å²) >= 11 is 0. The highest BCUT2D eigenvalue weighted by Gasteiger charge is 2.39. The number of aromatic hydroxyl groups is 1. The lowest BCUT2D eigenvalue weighted by atomic mass is 10.2. The predicted octanol–water partition coefficient (Wildman–Crippen LogP) is 0.163. The van der Waals surface area contributed by atoms with Crippen LogP contribution in [0.5, 0.6) is 5.75 Å². The zero-order valence-corrected chi connectivity index (χ0v) is 10.6. The number of esters is 2. The minimum Gasteiger partial charge on any atom is -0.508 e. The van der Waals surface area contributed by atoms with Gasteiger partial charge in [-0.2, -0.15) is 0 Å². The quantitative estimate of drug-likeness (QED) is 0.577. The van der Waals surface area contributed by atoms with Crippen molar-refractivity contribution in [3.05, 3.63) is 41.3 Å². The first-order chi connectivity index (χ1) is 9.90. The lowest BCUT2D eigenvalue weighted by Crippen LogP contribution is -2.33. The molecule has 21 heavy (non-hydrogen) atoms. The van der Waals surface area contributed by atoms with Crippen molar-refractivity contribution in [2.45, 2.75) is 12.2 Å². The van der Waals surface area contributed by atoms with E-state index in [9.17, 15) is 24.9 Å². The number of aliphatic hydroxyl groups excluding tert-OH is 3. The van der Waals surface area contributed by atoms with Crippen LogP contribution in [0.1, 0.15) is 10.4 Å². The molecule has 8 nitrogen and oxygen atoms in total. The summed E-state index contributed by atoms with van der Waals surface area (Å²) < 4.78 is 9.28. The molecule has 0 amide bonds. The molecule has 0 aliphatic carbocycles. The van der Waals surface area contributed by atoms with Gasteiger partial charge in [0.15, 0.2) is 11.9 Å². The molecule has 0 spiro atoms. The minimum atomic E-state index is -1.54. The largest absolute Gasteiger partial charge is 0.508 e. The molecular formula is C13H12O8.